The average molecular weight is 570 g/mol. The number of halogens is 2. The molecule has 0 radical (unpaired) electrons. The highest BCUT2D eigenvalue weighted by molar-refractivity contribution is 6.06. The molecule has 2 amide bonds. The normalized spacial score (nSPS) is 10.8. The van der Waals surface area contributed by atoms with Gasteiger partial charge < -0.3 is 15.4 Å². The van der Waals surface area contributed by atoms with Gasteiger partial charge >= 0.3 is 0 Å². The summed E-state index contributed by atoms with van der Waals surface area (Å²) in [4.78, 5) is 46.5. The van der Waals surface area contributed by atoms with Crippen LogP contribution in [0.4, 0.5) is 20.2 Å². The molecule has 0 spiro atoms. The summed E-state index contributed by atoms with van der Waals surface area (Å²) in [5.41, 5.74) is 4.39. The Bertz CT molecular complexity index is 1810. The van der Waals surface area contributed by atoms with Crippen LogP contribution in [0.3, 0.4) is 0 Å². The van der Waals surface area contributed by atoms with Crippen molar-refractivity contribution in [2.75, 3.05) is 18.2 Å². The van der Waals surface area contributed by atoms with E-state index in [4.69, 9.17) is 5.11 Å². The largest absolute Gasteiger partial charge is 0.395 e. The van der Waals surface area contributed by atoms with E-state index in [0.29, 0.717) is 27.9 Å². The number of hydrogen-bond donors (Lipinski definition) is 4. The zero-order chi connectivity index (χ0) is 29.6. The fraction of sp³-hybridized carbons (Fsp3) is 0.0968. The highest BCUT2D eigenvalue weighted by Gasteiger charge is 2.24. The highest BCUT2D eigenvalue weighted by Crippen LogP contribution is 2.37. The first-order chi connectivity index (χ1) is 20.4. The third-order valence-corrected chi connectivity index (χ3v) is 6.47. The van der Waals surface area contributed by atoms with Gasteiger partial charge in [0.1, 0.15) is 5.65 Å². The second-order valence-electron chi connectivity index (χ2n) is 9.22. The molecule has 0 fully saturated rings. The van der Waals surface area contributed by atoms with Gasteiger partial charge in [-0.25, -0.2) is 13.8 Å². The standard InChI is InChI=1S/C31H25F2N5O4/c32-23-12-11-20(17-24(23)33)30(41)37-38(21-9-5-2-6-10-21)25-13-14-35-29-28(25)27(19-7-3-1-4-8-19)22(31(42)36-29)18-26(40)34-15-16-39/h1-14,17,39H,15-16,18H2,(H,34,40)(H,37,41)(H,35,36,42). The molecule has 0 saturated carbocycles. The molecule has 0 aliphatic rings. The molecule has 9 nitrogen and oxygen atoms in total. The Balaban J connectivity index is 1.74. The third-order valence-electron chi connectivity index (χ3n) is 6.47. The molecule has 42 heavy (non-hydrogen) atoms. The summed E-state index contributed by atoms with van der Waals surface area (Å²) in [6.07, 6.45) is 1.16. The average Bonchev–Trinajstić information content (AvgIpc) is 3.01. The van der Waals surface area contributed by atoms with Crippen LogP contribution in [-0.4, -0.2) is 40.0 Å². The van der Waals surface area contributed by atoms with Gasteiger partial charge in [0.05, 0.1) is 29.8 Å². The number of aromatic amines is 1. The maximum Gasteiger partial charge on any atom is 0.270 e. The number of aliphatic hydroxyl groups is 1. The lowest BCUT2D eigenvalue weighted by molar-refractivity contribution is -0.120. The summed E-state index contributed by atoms with van der Waals surface area (Å²) >= 11 is 0. The predicted molar refractivity (Wildman–Crippen MR) is 154 cm³/mol. The molecule has 0 saturated heterocycles. The summed E-state index contributed by atoms with van der Waals surface area (Å²) in [5, 5.41) is 13.6. The molecule has 0 aliphatic heterocycles. The van der Waals surface area contributed by atoms with Gasteiger partial charge in [-0.3, -0.25) is 24.8 Å². The van der Waals surface area contributed by atoms with Gasteiger partial charge in [-0.05, 0) is 42.0 Å². The number of benzene rings is 3. The minimum Gasteiger partial charge on any atom is -0.395 e. The van der Waals surface area contributed by atoms with Crippen molar-refractivity contribution < 1.29 is 23.5 Å². The number of hydrazine groups is 1. The Morgan fingerprint density at radius 1 is 0.929 bits per heavy atom. The number of carbonyl (C=O) groups is 2. The van der Waals surface area contributed by atoms with E-state index in [9.17, 15) is 23.2 Å². The maximum atomic E-state index is 14.0. The molecule has 5 aromatic rings. The van der Waals surface area contributed by atoms with Crippen molar-refractivity contribution in [1.82, 2.24) is 20.7 Å². The smallest absolute Gasteiger partial charge is 0.270 e. The first-order valence-corrected chi connectivity index (χ1v) is 13.0. The number of aliphatic hydroxyl groups excluding tert-OH is 1. The lowest BCUT2D eigenvalue weighted by Gasteiger charge is -2.28. The number of aromatic nitrogens is 2. The van der Waals surface area contributed by atoms with Crippen molar-refractivity contribution in [3.8, 4) is 11.1 Å². The number of anilines is 2. The molecule has 0 aliphatic carbocycles. The molecule has 4 N–H and O–H groups in total. The number of carbonyl (C=O) groups excluding carboxylic acids is 2. The molecule has 212 valence electrons. The van der Waals surface area contributed by atoms with Crippen molar-refractivity contribution in [3.05, 3.63) is 124 Å². The topological polar surface area (TPSA) is 127 Å². The van der Waals surface area contributed by atoms with Crippen LogP contribution in [0.1, 0.15) is 15.9 Å². The molecule has 0 unspecified atom stereocenters. The third kappa shape index (κ3) is 5.86. The van der Waals surface area contributed by atoms with Gasteiger partial charge in [-0.2, -0.15) is 0 Å². The molecule has 0 atom stereocenters. The second-order valence-corrected chi connectivity index (χ2v) is 9.22. The summed E-state index contributed by atoms with van der Waals surface area (Å²) in [5.74, 6) is -3.45. The fourth-order valence-corrected chi connectivity index (χ4v) is 4.58. The number of H-pyrrole nitrogens is 1. The molecule has 2 aromatic heterocycles. The molecule has 3 aromatic carbocycles. The van der Waals surface area contributed by atoms with Gasteiger partial charge in [-0.1, -0.05) is 48.5 Å². The zero-order valence-electron chi connectivity index (χ0n) is 22.1. The molecular formula is C31H25F2N5O4. The van der Waals surface area contributed by atoms with Crippen LogP contribution in [0.5, 0.6) is 0 Å². The second kappa shape index (κ2) is 12.4. The predicted octanol–water partition coefficient (Wildman–Crippen LogP) is 4.00. The SMILES string of the molecule is O=C(Cc1c(-c2ccccc2)c2c(N(NC(=O)c3ccc(F)c(F)c3)c3ccccc3)ccnc2[nH]c1=O)NCCO. The Hall–Kier alpha value is -5.42. The van der Waals surface area contributed by atoms with E-state index in [1.807, 2.05) is 6.07 Å². The molecular weight excluding hydrogens is 544 g/mol. The number of fused-ring (bicyclic) bond motifs is 1. The van der Waals surface area contributed by atoms with Gasteiger partial charge in [0, 0.05) is 29.4 Å². The van der Waals surface area contributed by atoms with Gasteiger partial charge in [0.25, 0.3) is 11.5 Å². The summed E-state index contributed by atoms with van der Waals surface area (Å²) < 4.78 is 27.5. The minimum atomic E-state index is -1.17. The van der Waals surface area contributed by atoms with Crippen LogP contribution >= 0.6 is 0 Å². The van der Waals surface area contributed by atoms with Crippen molar-refractivity contribution in [3.63, 3.8) is 0 Å². The fourth-order valence-electron chi connectivity index (χ4n) is 4.58. The Morgan fingerprint density at radius 2 is 1.64 bits per heavy atom. The summed E-state index contributed by atoms with van der Waals surface area (Å²) in [7, 11) is 0. The van der Waals surface area contributed by atoms with Crippen LogP contribution < -0.4 is 21.3 Å². The van der Waals surface area contributed by atoms with E-state index in [1.165, 1.54) is 11.2 Å². The Kier molecular flexibility index (Phi) is 8.30. The molecule has 2 heterocycles. The molecule has 0 bridgehead atoms. The maximum absolute atomic E-state index is 14.0. The Labute approximate surface area is 238 Å². The van der Waals surface area contributed by atoms with Gasteiger partial charge in [-0.15, -0.1) is 0 Å². The number of rotatable bonds is 9. The zero-order valence-corrected chi connectivity index (χ0v) is 22.1. The first-order valence-electron chi connectivity index (χ1n) is 13.0. The number of para-hydroxylation sites is 1. The van der Waals surface area contributed by atoms with E-state index in [0.717, 1.165) is 18.2 Å². The van der Waals surface area contributed by atoms with E-state index in [1.54, 1.807) is 60.7 Å². The molecule has 11 heteroatoms. The van der Waals surface area contributed by atoms with Crippen molar-refractivity contribution in [1.29, 1.82) is 0 Å². The summed E-state index contributed by atoms with van der Waals surface area (Å²) in [6, 6.07) is 22.2. The number of pyridine rings is 2. The van der Waals surface area contributed by atoms with Gasteiger partial charge in [0.15, 0.2) is 11.6 Å². The van der Waals surface area contributed by atoms with E-state index in [2.05, 4.69) is 20.7 Å². The lowest BCUT2D eigenvalue weighted by atomic mass is 9.94. The van der Waals surface area contributed by atoms with E-state index < -0.39 is 29.0 Å². The van der Waals surface area contributed by atoms with Crippen molar-refractivity contribution in [2.45, 2.75) is 6.42 Å². The Morgan fingerprint density at radius 3 is 2.33 bits per heavy atom. The number of amides is 2. The summed E-state index contributed by atoms with van der Waals surface area (Å²) in [6.45, 7) is -0.237. The van der Waals surface area contributed by atoms with Gasteiger partial charge in [0.2, 0.25) is 5.91 Å². The minimum absolute atomic E-state index is 0.0234. The number of nitrogens with one attached hydrogen (secondary N) is 3. The van der Waals surface area contributed by atoms with Crippen molar-refractivity contribution >= 4 is 34.2 Å². The first kappa shape index (κ1) is 28.1. The van der Waals surface area contributed by atoms with E-state index >= 15 is 0 Å². The highest BCUT2D eigenvalue weighted by atomic mass is 19.2. The van der Waals surface area contributed by atoms with Crippen LogP contribution in [0.2, 0.25) is 0 Å². The molecule has 5 rings (SSSR count). The van der Waals surface area contributed by atoms with Crippen molar-refractivity contribution in [2.24, 2.45) is 0 Å². The number of hydrogen-bond acceptors (Lipinski definition) is 6. The van der Waals surface area contributed by atoms with Crippen LogP contribution in [-0.2, 0) is 11.2 Å². The van der Waals surface area contributed by atoms with Crippen LogP contribution in [0, 0.1) is 11.6 Å². The lowest BCUT2D eigenvalue weighted by Crippen LogP contribution is -2.39. The van der Waals surface area contributed by atoms with Crippen LogP contribution in [0.15, 0.2) is 95.9 Å². The number of nitrogens with zero attached hydrogens (tertiary/aromatic N) is 2. The monoisotopic (exact) mass is 569 g/mol. The van der Waals surface area contributed by atoms with E-state index in [-0.39, 0.29) is 36.3 Å². The quantitative estimate of drug-likeness (QED) is 0.199. The van der Waals surface area contributed by atoms with Crippen LogP contribution in [0.25, 0.3) is 22.2 Å².